The maximum Gasteiger partial charge on any atom is 0.433 e. The van der Waals surface area contributed by atoms with Crippen molar-refractivity contribution in [2.24, 2.45) is 7.05 Å². The minimum atomic E-state index is -4.65. The standard InChI is InChI=1S/C15H14F3N5O2S/c1-7-8(6-19)13(26-11(7)14(25)22(2)3)20-12(24)9-5-10(15(16,17)18)23(4)21-9/h5H,1-4H3,(H,20,24). The number of carbonyl (C=O) groups is 2. The molecule has 0 bridgehead atoms. The van der Waals surface area contributed by atoms with Crippen molar-refractivity contribution in [1.82, 2.24) is 14.7 Å². The van der Waals surface area contributed by atoms with Crippen molar-refractivity contribution in [1.29, 1.82) is 5.26 Å². The number of hydrogen-bond donors (Lipinski definition) is 1. The summed E-state index contributed by atoms with van der Waals surface area (Å²) in [4.78, 5) is 26.0. The molecule has 0 unspecified atom stereocenters. The largest absolute Gasteiger partial charge is 0.433 e. The first kappa shape index (κ1) is 19.5. The van der Waals surface area contributed by atoms with Crippen molar-refractivity contribution in [2.45, 2.75) is 13.1 Å². The van der Waals surface area contributed by atoms with Gasteiger partial charge in [0.2, 0.25) is 0 Å². The van der Waals surface area contributed by atoms with Crippen LogP contribution >= 0.6 is 11.3 Å². The smallest absolute Gasteiger partial charge is 0.344 e. The molecule has 11 heteroatoms. The van der Waals surface area contributed by atoms with Crippen molar-refractivity contribution < 1.29 is 22.8 Å². The van der Waals surface area contributed by atoms with E-state index >= 15 is 0 Å². The monoisotopic (exact) mass is 385 g/mol. The summed E-state index contributed by atoms with van der Waals surface area (Å²) >= 11 is 0.884. The van der Waals surface area contributed by atoms with E-state index in [0.29, 0.717) is 16.3 Å². The van der Waals surface area contributed by atoms with Crippen LogP contribution in [-0.4, -0.2) is 40.6 Å². The van der Waals surface area contributed by atoms with Gasteiger partial charge < -0.3 is 10.2 Å². The van der Waals surface area contributed by atoms with E-state index in [-0.39, 0.29) is 21.3 Å². The van der Waals surface area contributed by atoms with Gasteiger partial charge in [0.25, 0.3) is 11.8 Å². The van der Waals surface area contributed by atoms with Crippen LogP contribution in [0.4, 0.5) is 18.2 Å². The van der Waals surface area contributed by atoms with Gasteiger partial charge in [0.05, 0.1) is 10.4 Å². The van der Waals surface area contributed by atoms with E-state index in [1.54, 1.807) is 21.0 Å². The van der Waals surface area contributed by atoms with E-state index in [4.69, 9.17) is 0 Å². The van der Waals surface area contributed by atoms with Crippen LogP contribution in [0.25, 0.3) is 0 Å². The van der Waals surface area contributed by atoms with Gasteiger partial charge in [-0.2, -0.15) is 23.5 Å². The number of nitrogens with one attached hydrogen (secondary N) is 1. The zero-order chi connectivity index (χ0) is 19.8. The minimum absolute atomic E-state index is 0.0828. The van der Waals surface area contributed by atoms with Gasteiger partial charge in [-0.05, 0) is 12.5 Å². The first-order valence-corrected chi connectivity index (χ1v) is 7.96. The minimum Gasteiger partial charge on any atom is -0.344 e. The number of halogens is 3. The van der Waals surface area contributed by atoms with Crippen molar-refractivity contribution in [3.63, 3.8) is 0 Å². The number of nitrogens with zero attached hydrogens (tertiary/aromatic N) is 4. The maximum absolute atomic E-state index is 12.8. The summed E-state index contributed by atoms with van der Waals surface area (Å²) in [6.45, 7) is 1.56. The molecule has 7 nitrogen and oxygen atoms in total. The highest BCUT2D eigenvalue weighted by Crippen LogP contribution is 2.34. The third-order valence-electron chi connectivity index (χ3n) is 3.49. The third-order valence-corrected chi connectivity index (χ3v) is 4.68. The summed E-state index contributed by atoms with van der Waals surface area (Å²) in [5.41, 5.74) is -1.05. The van der Waals surface area contributed by atoms with Gasteiger partial charge in [-0.25, -0.2) is 0 Å². The Hall–Kier alpha value is -2.87. The molecule has 2 aromatic heterocycles. The van der Waals surface area contributed by atoms with E-state index in [9.17, 15) is 28.0 Å². The van der Waals surface area contributed by atoms with Gasteiger partial charge in [-0.1, -0.05) is 0 Å². The number of amides is 2. The number of carbonyl (C=O) groups excluding carboxylic acids is 2. The molecule has 0 aromatic carbocycles. The lowest BCUT2D eigenvalue weighted by Gasteiger charge is -2.08. The fourth-order valence-corrected chi connectivity index (χ4v) is 3.33. The van der Waals surface area contributed by atoms with Gasteiger partial charge in [0.15, 0.2) is 5.69 Å². The van der Waals surface area contributed by atoms with Crippen LogP contribution in [0.2, 0.25) is 0 Å². The number of rotatable bonds is 3. The molecule has 0 aliphatic rings. The van der Waals surface area contributed by atoms with Gasteiger partial charge in [-0.3, -0.25) is 14.3 Å². The second-order valence-corrected chi connectivity index (χ2v) is 6.58. The lowest BCUT2D eigenvalue weighted by molar-refractivity contribution is -0.143. The summed E-state index contributed by atoms with van der Waals surface area (Å²) in [5, 5.41) is 15.3. The fourth-order valence-electron chi connectivity index (χ4n) is 2.15. The highest BCUT2D eigenvalue weighted by Gasteiger charge is 2.36. The lowest BCUT2D eigenvalue weighted by atomic mass is 10.1. The number of aromatic nitrogens is 2. The molecular formula is C15H14F3N5O2S. The quantitative estimate of drug-likeness (QED) is 0.879. The molecular weight excluding hydrogens is 371 g/mol. The summed E-state index contributed by atoms with van der Waals surface area (Å²) in [7, 11) is 4.15. The molecule has 2 rings (SSSR count). The average Bonchev–Trinajstić information content (AvgIpc) is 3.06. The average molecular weight is 385 g/mol. The molecule has 0 fully saturated rings. The van der Waals surface area contributed by atoms with Crippen LogP contribution in [0.3, 0.4) is 0 Å². The maximum atomic E-state index is 12.8. The van der Waals surface area contributed by atoms with E-state index in [1.165, 1.54) is 4.90 Å². The Morgan fingerprint density at radius 1 is 1.38 bits per heavy atom. The van der Waals surface area contributed by atoms with Crippen LogP contribution in [0.5, 0.6) is 0 Å². The fraction of sp³-hybridized carbons (Fsp3) is 0.333. The Kier molecular flexibility index (Phi) is 5.09. The Morgan fingerprint density at radius 2 is 2.00 bits per heavy atom. The van der Waals surface area contributed by atoms with E-state index in [0.717, 1.165) is 18.4 Å². The van der Waals surface area contributed by atoms with Gasteiger partial charge >= 0.3 is 6.18 Å². The highest BCUT2D eigenvalue weighted by molar-refractivity contribution is 7.18. The highest BCUT2D eigenvalue weighted by atomic mass is 32.1. The molecule has 2 heterocycles. The number of nitriles is 1. The van der Waals surface area contributed by atoms with Crippen molar-refractivity contribution >= 4 is 28.2 Å². The molecule has 0 radical (unpaired) electrons. The Balaban J connectivity index is 2.37. The normalized spacial score (nSPS) is 11.2. The Morgan fingerprint density at radius 3 is 2.46 bits per heavy atom. The Bertz CT molecular complexity index is 921. The van der Waals surface area contributed by atoms with Crippen molar-refractivity contribution in [2.75, 3.05) is 19.4 Å². The van der Waals surface area contributed by atoms with Crippen LogP contribution in [0.15, 0.2) is 6.07 Å². The van der Waals surface area contributed by atoms with Gasteiger partial charge in [0.1, 0.15) is 16.8 Å². The number of thiophene rings is 1. The SMILES string of the molecule is Cc1c(C(=O)N(C)C)sc(NC(=O)c2cc(C(F)(F)F)n(C)n2)c1C#N. The predicted octanol–water partition coefficient (Wildman–Crippen LogP) is 2.63. The zero-order valence-electron chi connectivity index (χ0n) is 14.2. The topological polar surface area (TPSA) is 91.0 Å². The molecule has 26 heavy (non-hydrogen) atoms. The molecule has 138 valence electrons. The number of hydrogen-bond acceptors (Lipinski definition) is 5. The molecule has 0 saturated heterocycles. The summed E-state index contributed by atoms with van der Waals surface area (Å²) in [6, 6.07) is 2.51. The molecule has 0 aliphatic carbocycles. The van der Waals surface area contributed by atoms with Crippen LogP contribution in [-0.2, 0) is 13.2 Å². The molecule has 0 aliphatic heterocycles. The first-order valence-electron chi connectivity index (χ1n) is 7.15. The number of alkyl halides is 3. The van der Waals surface area contributed by atoms with E-state index in [1.807, 2.05) is 6.07 Å². The van der Waals surface area contributed by atoms with Crippen LogP contribution in [0.1, 0.15) is 37.0 Å². The van der Waals surface area contributed by atoms with Crippen molar-refractivity contribution in [3.05, 3.63) is 33.5 Å². The number of anilines is 1. The van der Waals surface area contributed by atoms with Gasteiger partial charge in [-0.15, -0.1) is 11.3 Å². The summed E-state index contributed by atoms with van der Waals surface area (Å²) in [5.74, 6) is -1.25. The third kappa shape index (κ3) is 3.55. The van der Waals surface area contributed by atoms with Crippen molar-refractivity contribution in [3.8, 4) is 6.07 Å². The molecule has 0 atom stereocenters. The van der Waals surface area contributed by atoms with Crippen LogP contribution < -0.4 is 5.32 Å². The van der Waals surface area contributed by atoms with Crippen LogP contribution in [0, 0.1) is 18.3 Å². The molecule has 1 N–H and O–H groups in total. The summed E-state index contributed by atoms with van der Waals surface area (Å²) < 4.78 is 39.0. The molecule has 0 saturated carbocycles. The second-order valence-electron chi connectivity index (χ2n) is 5.56. The predicted molar refractivity (Wildman–Crippen MR) is 88.0 cm³/mol. The number of aryl methyl sites for hydroxylation is 1. The molecule has 2 amide bonds. The molecule has 2 aromatic rings. The van der Waals surface area contributed by atoms with E-state index in [2.05, 4.69) is 10.4 Å². The molecule has 0 spiro atoms. The Labute approximate surface area is 150 Å². The first-order chi connectivity index (χ1) is 12.0. The van der Waals surface area contributed by atoms with E-state index < -0.39 is 23.5 Å². The lowest BCUT2D eigenvalue weighted by Crippen LogP contribution is -2.21. The second kappa shape index (κ2) is 6.80. The zero-order valence-corrected chi connectivity index (χ0v) is 15.0. The van der Waals surface area contributed by atoms with Gasteiger partial charge in [0, 0.05) is 27.2 Å². The summed E-state index contributed by atoms with van der Waals surface area (Å²) in [6.07, 6.45) is -4.65.